The van der Waals surface area contributed by atoms with E-state index in [1.165, 1.54) is 0 Å². The lowest BCUT2D eigenvalue weighted by Crippen LogP contribution is -2.43. The average molecular weight is 310 g/mol. The lowest BCUT2D eigenvalue weighted by Gasteiger charge is -2.28. The molecular formula is C20H22O3. The van der Waals surface area contributed by atoms with Crippen LogP contribution < -0.4 is 0 Å². The third-order valence-electron chi connectivity index (χ3n) is 3.59. The molecule has 0 saturated heterocycles. The maximum atomic E-state index is 10.3. The van der Waals surface area contributed by atoms with Crippen molar-refractivity contribution in [3.05, 3.63) is 71.8 Å². The number of terminal acetylenes is 1. The number of hydrogen-bond acceptors (Lipinski definition) is 3. The van der Waals surface area contributed by atoms with E-state index in [0.717, 1.165) is 11.1 Å². The van der Waals surface area contributed by atoms with E-state index in [1.54, 1.807) is 6.92 Å². The van der Waals surface area contributed by atoms with E-state index in [0.29, 0.717) is 13.2 Å². The van der Waals surface area contributed by atoms with Gasteiger partial charge in [0.05, 0.1) is 19.8 Å². The van der Waals surface area contributed by atoms with Crippen LogP contribution in [0.3, 0.4) is 0 Å². The molecule has 0 saturated carbocycles. The lowest BCUT2D eigenvalue weighted by molar-refractivity contribution is -0.111. The van der Waals surface area contributed by atoms with Crippen LogP contribution in [0.4, 0.5) is 0 Å². The molecule has 0 aromatic heterocycles. The normalized spacial score (nSPS) is 14.7. The van der Waals surface area contributed by atoms with Crippen LogP contribution in [0.25, 0.3) is 0 Å². The predicted molar refractivity (Wildman–Crippen MR) is 90.6 cm³/mol. The molecule has 2 atom stereocenters. The molecule has 0 radical (unpaired) electrons. The minimum Gasteiger partial charge on any atom is -0.375 e. The Hall–Kier alpha value is -2.12. The largest absolute Gasteiger partial charge is 0.375 e. The summed E-state index contributed by atoms with van der Waals surface area (Å²) in [6.45, 7) is 2.61. The molecule has 0 spiro atoms. The van der Waals surface area contributed by atoms with Crippen molar-refractivity contribution < 1.29 is 14.6 Å². The van der Waals surface area contributed by atoms with Crippen molar-refractivity contribution in [2.75, 3.05) is 6.61 Å². The average Bonchev–Trinajstić information content (AvgIpc) is 2.59. The van der Waals surface area contributed by atoms with Crippen LogP contribution in [0.2, 0.25) is 0 Å². The molecule has 0 aliphatic heterocycles. The number of rotatable bonds is 8. The monoisotopic (exact) mass is 310 g/mol. The molecule has 3 heteroatoms. The molecule has 0 unspecified atom stereocenters. The summed E-state index contributed by atoms with van der Waals surface area (Å²) >= 11 is 0. The van der Waals surface area contributed by atoms with Crippen LogP contribution in [-0.4, -0.2) is 23.4 Å². The first-order chi connectivity index (χ1) is 11.1. The Labute approximate surface area is 137 Å². The predicted octanol–water partition coefficient (Wildman–Crippen LogP) is 3.17. The van der Waals surface area contributed by atoms with Gasteiger partial charge in [0.2, 0.25) is 0 Å². The Balaban J connectivity index is 1.91. The third-order valence-corrected chi connectivity index (χ3v) is 3.59. The number of hydrogen-bond donors (Lipinski definition) is 1. The number of aliphatic hydroxyl groups is 1. The first-order valence-corrected chi connectivity index (χ1v) is 7.59. The van der Waals surface area contributed by atoms with Gasteiger partial charge in [0, 0.05) is 0 Å². The molecular weight excluding hydrogens is 288 g/mol. The Bertz CT molecular complexity index is 614. The molecule has 0 fully saturated rings. The fourth-order valence-electron chi connectivity index (χ4n) is 2.09. The molecule has 2 rings (SSSR count). The quantitative estimate of drug-likeness (QED) is 0.761. The van der Waals surface area contributed by atoms with Crippen LogP contribution in [0.15, 0.2) is 60.7 Å². The zero-order valence-corrected chi connectivity index (χ0v) is 13.3. The highest BCUT2D eigenvalue weighted by atomic mass is 16.5. The zero-order chi connectivity index (χ0) is 16.5. The van der Waals surface area contributed by atoms with E-state index in [4.69, 9.17) is 15.9 Å². The second kappa shape index (κ2) is 8.50. The van der Waals surface area contributed by atoms with Gasteiger partial charge in [-0.05, 0) is 18.1 Å². The summed E-state index contributed by atoms with van der Waals surface area (Å²) in [6.07, 6.45) is 4.82. The standard InChI is InChI=1S/C20H22O3/c1-3-20(2,21)19(23-15-18-12-8-5-9-13-18)16-22-14-17-10-6-4-7-11-17/h1,4-13,19,21H,14-16H2,2H3/t19-,20-/m0/s1. The summed E-state index contributed by atoms with van der Waals surface area (Å²) in [5.74, 6) is 2.38. The zero-order valence-electron chi connectivity index (χ0n) is 13.3. The van der Waals surface area contributed by atoms with E-state index in [9.17, 15) is 5.11 Å². The van der Waals surface area contributed by atoms with Crippen LogP contribution in [0.5, 0.6) is 0 Å². The first-order valence-electron chi connectivity index (χ1n) is 7.59. The van der Waals surface area contributed by atoms with Crippen LogP contribution in [0, 0.1) is 12.3 Å². The summed E-state index contributed by atoms with van der Waals surface area (Å²) in [5.41, 5.74) is 0.703. The number of ether oxygens (including phenoxy) is 2. The van der Waals surface area contributed by atoms with Gasteiger partial charge in [-0.3, -0.25) is 0 Å². The van der Waals surface area contributed by atoms with Gasteiger partial charge in [-0.15, -0.1) is 6.42 Å². The SMILES string of the molecule is C#C[C@](C)(O)[C@H](COCc1ccccc1)OCc1ccccc1. The Morgan fingerprint density at radius 2 is 1.52 bits per heavy atom. The number of benzene rings is 2. The van der Waals surface area contributed by atoms with Gasteiger partial charge in [-0.1, -0.05) is 66.6 Å². The highest BCUT2D eigenvalue weighted by molar-refractivity contribution is 5.15. The van der Waals surface area contributed by atoms with Gasteiger partial charge in [-0.2, -0.15) is 0 Å². The Morgan fingerprint density at radius 3 is 2.04 bits per heavy atom. The summed E-state index contributed by atoms with van der Waals surface area (Å²) in [7, 11) is 0. The summed E-state index contributed by atoms with van der Waals surface area (Å²) < 4.78 is 11.5. The molecule has 2 aromatic rings. The third kappa shape index (κ3) is 5.54. The molecule has 0 aliphatic rings. The molecule has 120 valence electrons. The Kier molecular flexibility index (Phi) is 6.37. The van der Waals surface area contributed by atoms with Gasteiger partial charge in [0.25, 0.3) is 0 Å². The fourth-order valence-corrected chi connectivity index (χ4v) is 2.09. The van der Waals surface area contributed by atoms with Crippen molar-refractivity contribution in [3.63, 3.8) is 0 Å². The van der Waals surface area contributed by atoms with Crippen molar-refractivity contribution >= 4 is 0 Å². The Morgan fingerprint density at radius 1 is 1.00 bits per heavy atom. The van der Waals surface area contributed by atoms with Crippen LogP contribution >= 0.6 is 0 Å². The maximum absolute atomic E-state index is 10.3. The van der Waals surface area contributed by atoms with Crippen molar-refractivity contribution in [3.8, 4) is 12.3 Å². The van der Waals surface area contributed by atoms with Gasteiger partial charge in [0.15, 0.2) is 5.60 Å². The van der Waals surface area contributed by atoms with E-state index in [-0.39, 0.29) is 6.61 Å². The molecule has 0 amide bonds. The van der Waals surface area contributed by atoms with Gasteiger partial charge >= 0.3 is 0 Å². The second-order valence-electron chi connectivity index (χ2n) is 5.58. The maximum Gasteiger partial charge on any atom is 0.150 e. The highest BCUT2D eigenvalue weighted by Gasteiger charge is 2.31. The van der Waals surface area contributed by atoms with Gasteiger partial charge in [0.1, 0.15) is 6.10 Å². The van der Waals surface area contributed by atoms with Crippen molar-refractivity contribution in [2.24, 2.45) is 0 Å². The smallest absolute Gasteiger partial charge is 0.150 e. The van der Waals surface area contributed by atoms with Gasteiger partial charge < -0.3 is 14.6 Å². The van der Waals surface area contributed by atoms with Crippen molar-refractivity contribution in [1.29, 1.82) is 0 Å². The molecule has 0 aliphatic carbocycles. The van der Waals surface area contributed by atoms with E-state index in [2.05, 4.69) is 5.92 Å². The topological polar surface area (TPSA) is 38.7 Å². The highest BCUT2D eigenvalue weighted by Crippen LogP contribution is 2.16. The second-order valence-corrected chi connectivity index (χ2v) is 5.58. The van der Waals surface area contributed by atoms with Gasteiger partial charge in [-0.25, -0.2) is 0 Å². The molecule has 3 nitrogen and oxygen atoms in total. The van der Waals surface area contributed by atoms with E-state index < -0.39 is 11.7 Å². The van der Waals surface area contributed by atoms with Crippen LogP contribution in [-0.2, 0) is 22.7 Å². The van der Waals surface area contributed by atoms with Crippen molar-refractivity contribution in [1.82, 2.24) is 0 Å². The minimum absolute atomic E-state index is 0.221. The van der Waals surface area contributed by atoms with E-state index in [1.807, 2.05) is 60.7 Å². The first kappa shape index (κ1) is 17.2. The molecule has 2 aromatic carbocycles. The summed E-state index contributed by atoms with van der Waals surface area (Å²) in [6, 6.07) is 19.6. The van der Waals surface area contributed by atoms with Crippen molar-refractivity contribution in [2.45, 2.75) is 31.8 Å². The molecule has 0 bridgehead atoms. The van der Waals surface area contributed by atoms with Crippen LogP contribution in [0.1, 0.15) is 18.1 Å². The molecule has 23 heavy (non-hydrogen) atoms. The summed E-state index contributed by atoms with van der Waals surface area (Å²) in [4.78, 5) is 0. The van der Waals surface area contributed by atoms with E-state index >= 15 is 0 Å². The summed E-state index contributed by atoms with van der Waals surface area (Å²) in [5, 5.41) is 10.3. The lowest BCUT2D eigenvalue weighted by atomic mass is 10.0. The molecule has 1 N–H and O–H groups in total. The minimum atomic E-state index is -1.38. The fraction of sp³-hybridized carbons (Fsp3) is 0.300. The molecule has 0 heterocycles.